The first-order valence-electron chi connectivity index (χ1n) is 7.79. The number of rotatable bonds is 3. The number of piperidine rings is 1. The Kier molecular flexibility index (Phi) is 5.05. The molecule has 4 atom stereocenters. The number of hydrogen-bond donors (Lipinski definition) is 1. The Hall–Kier alpha value is -0.120. The maximum atomic E-state index is 3.71. The van der Waals surface area contributed by atoms with Gasteiger partial charge in [-0.15, -0.1) is 0 Å². The first-order chi connectivity index (χ1) is 8.61. The van der Waals surface area contributed by atoms with Crippen molar-refractivity contribution in [3.63, 3.8) is 0 Å². The van der Waals surface area contributed by atoms with Crippen molar-refractivity contribution in [2.24, 2.45) is 5.92 Å². The summed E-state index contributed by atoms with van der Waals surface area (Å²) in [6.45, 7) is 12.0. The fourth-order valence-corrected chi connectivity index (χ4v) is 3.40. The standard InChI is InChI=1S/C15H31N3/c1-5-12(2)15-11-18(9-7-16-15)14-6-8-17(4)13(3)10-14/h12-16H,5-11H2,1-4H3. The van der Waals surface area contributed by atoms with Crippen molar-refractivity contribution in [2.75, 3.05) is 33.2 Å². The molecule has 2 rings (SSSR count). The van der Waals surface area contributed by atoms with Gasteiger partial charge < -0.3 is 10.2 Å². The maximum absolute atomic E-state index is 3.71. The van der Waals surface area contributed by atoms with E-state index in [2.05, 4.69) is 42.9 Å². The van der Waals surface area contributed by atoms with Crippen molar-refractivity contribution in [3.8, 4) is 0 Å². The van der Waals surface area contributed by atoms with Crippen molar-refractivity contribution in [3.05, 3.63) is 0 Å². The minimum atomic E-state index is 0.707. The minimum absolute atomic E-state index is 0.707. The molecule has 0 bridgehead atoms. The van der Waals surface area contributed by atoms with Crippen LogP contribution in [0.4, 0.5) is 0 Å². The van der Waals surface area contributed by atoms with Gasteiger partial charge in [0.2, 0.25) is 0 Å². The van der Waals surface area contributed by atoms with Crippen molar-refractivity contribution in [2.45, 2.75) is 58.2 Å². The van der Waals surface area contributed by atoms with E-state index < -0.39 is 0 Å². The van der Waals surface area contributed by atoms with E-state index in [9.17, 15) is 0 Å². The van der Waals surface area contributed by atoms with Crippen LogP contribution >= 0.6 is 0 Å². The second kappa shape index (κ2) is 6.36. The van der Waals surface area contributed by atoms with Crippen LogP contribution in [0.5, 0.6) is 0 Å². The second-order valence-corrected chi connectivity index (χ2v) is 6.45. The van der Waals surface area contributed by atoms with Gasteiger partial charge in [0.05, 0.1) is 0 Å². The molecule has 18 heavy (non-hydrogen) atoms. The Balaban J connectivity index is 1.89. The van der Waals surface area contributed by atoms with Gasteiger partial charge in [0.25, 0.3) is 0 Å². The molecule has 3 nitrogen and oxygen atoms in total. The van der Waals surface area contributed by atoms with E-state index in [4.69, 9.17) is 0 Å². The van der Waals surface area contributed by atoms with E-state index >= 15 is 0 Å². The summed E-state index contributed by atoms with van der Waals surface area (Å²) in [6.07, 6.45) is 3.99. The molecule has 0 amide bonds. The number of nitrogens with zero attached hydrogens (tertiary/aromatic N) is 2. The summed E-state index contributed by atoms with van der Waals surface area (Å²) in [5.74, 6) is 0.802. The lowest BCUT2D eigenvalue weighted by molar-refractivity contribution is 0.0589. The first kappa shape index (κ1) is 14.3. The van der Waals surface area contributed by atoms with Crippen LogP contribution in [-0.2, 0) is 0 Å². The quantitative estimate of drug-likeness (QED) is 0.827. The predicted molar refractivity (Wildman–Crippen MR) is 77.9 cm³/mol. The molecule has 2 fully saturated rings. The van der Waals surface area contributed by atoms with Crippen LogP contribution in [0.1, 0.15) is 40.0 Å². The smallest absolute Gasteiger partial charge is 0.0221 e. The van der Waals surface area contributed by atoms with Gasteiger partial charge >= 0.3 is 0 Å². The fourth-order valence-electron chi connectivity index (χ4n) is 3.40. The molecule has 4 unspecified atom stereocenters. The average molecular weight is 253 g/mol. The molecule has 2 heterocycles. The van der Waals surface area contributed by atoms with Crippen LogP contribution in [0.25, 0.3) is 0 Å². The van der Waals surface area contributed by atoms with E-state index in [0.29, 0.717) is 6.04 Å². The van der Waals surface area contributed by atoms with Crippen LogP contribution in [0.15, 0.2) is 0 Å². The van der Waals surface area contributed by atoms with E-state index in [1.807, 2.05) is 0 Å². The summed E-state index contributed by atoms with van der Waals surface area (Å²) < 4.78 is 0. The lowest BCUT2D eigenvalue weighted by Gasteiger charge is -2.45. The zero-order chi connectivity index (χ0) is 13.1. The number of nitrogens with one attached hydrogen (secondary N) is 1. The van der Waals surface area contributed by atoms with E-state index in [1.165, 1.54) is 45.4 Å². The Bertz CT molecular complexity index is 256. The third-order valence-corrected chi connectivity index (χ3v) is 5.26. The van der Waals surface area contributed by atoms with Crippen molar-refractivity contribution < 1.29 is 0 Å². The normalized spacial score (nSPS) is 37.7. The Labute approximate surface area is 113 Å². The fraction of sp³-hybridized carbons (Fsp3) is 1.00. The summed E-state index contributed by atoms with van der Waals surface area (Å²) in [7, 11) is 2.26. The molecule has 0 radical (unpaired) electrons. The first-order valence-corrected chi connectivity index (χ1v) is 7.79. The number of hydrogen-bond acceptors (Lipinski definition) is 3. The Morgan fingerprint density at radius 1 is 1.33 bits per heavy atom. The van der Waals surface area contributed by atoms with Crippen LogP contribution in [0.2, 0.25) is 0 Å². The lowest BCUT2D eigenvalue weighted by atomic mass is 9.93. The SMILES string of the molecule is CCC(C)C1CN(C2CCN(C)C(C)C2)CCN1. The van der Waals surface area contributed by atoms with Crippen LogP contribution in [-0.4, -0.2) is 61.2 Å². The highest BCUT2D eigenvalue weighted by Crippen LogP contribution is 2.23. The topological polar surface area (TPSA) is 18.5 Å². The number of likely N-dealkylation sites (tertiary alicyclic amines) is 1. The molecule has 0 aromatic heterocycles. The van der Waals surface area contributed by atoms with Gasteiger partial charge in [-0.1, -0.05) is 20.3 Å². The van der Waals surface area contributed by atoms with Crippen molar-refractivity contribution in [1.29, 1.82) is 0 Å². The highest BCUT2D eigenvalue weighted by atomic mass is 15.2. The molecular formula is C15H31N3. The van der Waals surface area contributed by atoms with Crippen LogP contribution in [0.3, 0.4) is 0 Å². The molecule has 0 aliphatic carbocycles. The molecule has 0 aromatic rings. The number of piperazine rings is 1. The minimum Gasteiger partial charge on any atom is -0.311 e. The van der Waals surface area contributed by atoms with Crippen LogP contribution in [0, 0.1) is 5.92 Å². The molecule has 2 aliphatic heterocycles. The zero-order valence-corrected chi connectivity index (χ0v) is 12.7. The van der Waals surface area contributed by atoms with Gasteiger partial charge in [-0.3, -0.25) is 4.90 Å². The van der Waals surface area contributed by atoms with Crippen molar-refractivity contribution in [1.82, 2.24) is 15.1 Å². The highest BCUT2D eigenvalue weighted by Gasteiger charge is 2.31. The third-order valence-electron chi connectivity index (χ3n) is 5.26. The lowest BCUT2D eigenvalue weighted by Crippen LogP contribution is -2.58. The molecule has 3 heteroatoms. The summed E-state index contributed by atoms with van der Waals surface area (Å²) in [4.78, 5) is 5.27. The van der Waals surface area contributed by atoms with Gasteiger partial charge in [-0.25, -0.2) is 0 Å². The van der Waals surface area contributed by atoms with Gasteiger partial charge in [-0.05, 0) is 39.3 Å². The molecule has 2 saturated heterocycles. The van der Waals surface area contributed by atoms with E-state index in [0.717, 1.165) is 18.0 Å². The molecule has 2 aliphatic rings. The molecule has 0 aromatic carbocycles. The summed E-state index contributed by atoms with van der Waals surface area (Å²) in [5, 5.41) is 3.71. The molecule has 106 valence electrons. The Morgan fingerprint density at radius 2 is 2.11 bits per heavy atom. The molecule has 0 spiro atoms. The monoisotopic (exact) mass is 253 g/mol. The summed E-state index contributed by atoms with van der Waals surface area (Å²) in [6, 6.07) is 2.28. The van der Waals surface area contributed by atoms with Crippen LogP contribution < -0.4 is 5.32 Å². The van der Waals surface area contributed by atoms with Gasteiger partial charge in [-0.2, -0.15) is 0 Å². The van der Waals surface area contributed by atoms with E-state index in [1.54, 1.807) is 0 Å². The second-order valence-electron chi connectivity index (χ2n) is 6.45. The largest absolute Gasteiger partial charge is 0.311 e. The average Bonchev–Trinajstić information content (AvgIpc) is 2.41. The van der Waals surface area contributed by atoms with Gasteiger partial charge in [0, 0.05) is 37.8 Å². The molecule has 0 saturated carbocycles. The maximum Gasteiger partial charge on any atom is 0.0221 e. The summed E-state index contributed by atoms with van der Waals surface area (Å²) in [5.41, 5.74) is 0. The predicted octanol–water partition coefficient (Wildman–Crippen LogP) is 1.79. The Morgan fingerprint density at radius 3 is 2.78 bits per heavy atom. The van der Waals surface area contributed by atoms with Crippen molar-refractivity contribution >= 4 is 0 Å². The highest BCUT2D eigenvalue weighted by molar-refractivity contribution is 4.89. The molecule has 1 N–H and O–H groups in total. The van der Waals surface area contributed by atoms with Gasteiger partial charge in [0.1, 0.15) is 0 Å². The van der Waals surface area contributed by atoms with Gasteiger partial charge in [0.15, 0.2) is 0 Å². The third kappa shape index (κ3) is 3.25. The summed E-state index contributed by atoms with van der Waals surface area (Å²) >= 11 is 0. The van der Waals surface area contributed by atoms with E-state index in [-0.39, 0.29) is 0 Å². The zero-order valence-electron chi connectivity index (χ0n) is 12.7. The molecular weight excluding hydrogens is 222 g/mol.